The van der Waals surface area contributed by atoms with Crippen molar-refractivity contribution in [2.75, 3.05) is 4.90 Å². The van der Waals surface area contributed by atoms with Crippen LogP contribution in [0.4, 0.5) is 18.9 Å². The molecule has 0 radical (unpaired) electrons. The monoisotopic (exact) mass is 506 g/mol. The lowest BCUT2D eigenvalue weighted by Gasteiger charge is -2.15. The number of aryl methyl sites for hydroxylation is 1. The molecule has 5 rings (SSSR count). The molecule has 0 aliphatic carbocycles. The zero-order valence-electron chi connectivity index (χ0n) is 17.0. The number of nitrogens with zero attached hydrogens (tertiary/aromatic N) is 4. The van der Waals surface area contributed by atoms with E-state index in [4.69, 9.17) is 23.2 Å². The zero-order chi connectivity index (χ0) is 24.4. The van der Waals surface area contributed by atoms with Gasteiger partial charge in [-0.3, -0.25) is 9.59 Å². The van der Waals surface area contributed by atoms with E-state index in [0.717, 1.165) is 17.0 Å². The number of carbonyl (C=O) groups is 2. The quantitative estimate of drug-likeness (QED) is 0.331. The van der Waals surface area contributed by atoms with Gasteiger partial charge in [0.25, 0.3) is 11.8 Å². The second-order valence-electron chi connectivity index (χ2n) is 7.33. The summed E-state index contributed by atoms with van der Waals surface area (Å²) in [4.78, 5) is 31.7. The van der Waals surface area contributed by atoms with E-state index in [-0.39, 0.29) is 27.5 Å². The maximum absolute atomic E-state index is 13.4. The Labute approximate surface area is 199 Å². The number of amides is 2. The van der Waals surface area contributed by atoms with Crippen LogP contribution in [0.2, 0.25) is 10.0 Å². The topological polar surface area (TPSA) is 77.3 Å². The highest BCUT2D eigenvalue weighted by atomic mass is 35.5. The Kier molecular flexibility index (Phi) is 5.03. The van der Waals surface area contributed by atoms with Crippen molar-refractivity contribution >= 4 is 51.7 Å². The molecule has 0 N–H and O–H groups in total. The number of halogens is 5. The number of aromatic nitrogens is 3. The molecule has 2 aromatic carbocycles. The van der Waals surface area contributed by atoms with Crippen LogP contribution in [0.1, 0.15) is 26.4 Å². The molecule has 172 valence electrons. The molecular formula is C22H11Cl2F3N4O3. The van der Waals surface area contributed by atoms with Crippen molar-refractivity contribution in [3.05, 3.63) is 75.5 Å². The van der Waals surface area contributed by atoms with E-state index >= 15 is 0 Å². The molecule has 2 amide bonds. The van der Waals surface area contributed by atoms with Crippen LogP contribution >= 0.6 is 23.2 Å². The van der Waals surface area contributed by atoms with E-state index < -0.39 is 23.9 Å². The minimum absolute atomic E-state index is 0.0834. The first kappa shape index (κ1) is 22.2. The van der Waals surface area contributed by atoms with E-state index in [1.165, 1.54) is 41.2 Å². The molecule has 0 saturated carbocycles. The van der Waals surface area contributed by atoms with Gasteiger partial charge in [0.15, 0.2) is 5.65 Å². The average molecular weight is 507 g/mol. The molecule has 0 fully saturated rings. The van der Waals surface area contributed by atoms with E-state index in [0.29, 0.717) is 21.8 Å². The van der Waals surface area contributed by atoms with Gasteiger partial charge in [0.1, 0.15) is 5.75 Å². The fraction of sp³-hybridized carbons (Fsp3) is 0.0909. The van der Waals surface area contributed by atoms with Gasteiger partial charge in [-0.15, -0.1) is 13.2 Å². The Morgan fingerprint density at radius 1 is 1.00 bits per heavy atom. The molecule has 7 nitrogen and oxygen atoms in total. The third-order valence-electron chi connectivity index (χ3n) is 5.19. The normalized spacial score (nSPS) is 13.6. The predicted octanol–water partition coefficient (Wildman–Crippen LogP) is 5.73. The maximum atomic E-state index is 13.4. The first-order valence-electron chi connectivity index (χ1n) is 9.63. The first-order valence-corrected chi connectivity index (χ1v) is 10.4. The number of carbonyl (C=O) groups excluding carboxylic acids is 2. The van der Waals surface area contributed by atoms with Crippen molar-refractivity contribution in [1.82, 2.24) is 14.8 Å². The number of pyridine rings is 1. The Morgan fingerprint density at radius 3 is 2.35 bits per heavy atom. The van der Waals surface area contributed by atoms with Gasteiger partial charge in [-0.05, 0) is 49.4 Å². The molecule has 3 heterocycles. The third-order valence-corrected chi connectivity index (χ3v) is 5.73. The van der Waals surface area contributed by atoms with Gasteiger partial charge < -0.3 is 4.74 Å². The predicted molar refractivity (Wildman–Crippen MR) is 118 cm³/mol. The highest BCUT2D eigenvalue weighted by Gasteiger charge is 2.41. The number of alkyl halides is 3. The Morgan fingerprint density at radius 2 is 1.71 bits per heavy atom. The van der Waals surface area contributed by atoms with E-state index in [1.54, 1.807) is 6.92 Å². The highest BCUT2D eigenvalue weighted by molar-refractivity contribution is 6.42. The second kappa shape index (κ2) is 7.71. The van der Waals surface area contributed by atoms with Crippen LogP contribution in [-0.2, 0) is 0 Å². The number of fused-ring (bicyclic) bond motifs is 3. The SMILES string of the molecule is Cc1nn(-c2ccc(OC(F)(F)F)cc2)c2ncc3c(c12)C(=O)N(c1ccc(Cl)cc1Cl)C3=O. The van der Waals surface area contributed by atoms with Crippen LogP contribution in [0.5, 0.6) is 5.75 Å². The number of imide groups is 1. The molecule has 0 bridgehead atoms. The Balaban J connectivity index is 1.60. The van der Waals surface area contributed by atoms with Crippen molar-refractivity contribution in [2.45, 2.75) is 13.3 Å². The van der Waals surface area contributed by atoms with Crippen LogP contribution in [0.15, 0.2) is 48.7 Å². The summed E-state index contributed by atoms with van der Waals surface area (Å²) < 4.78 is 42.6. The lowest BCUT2D eigenvalue weighted by Crippen LogP contribution is -2.29. The summed E-state index contributed by atoms with van der Waals surface area (Å²) >= 11 is 12.2. The molecule has 0 spiro atoms. The van der Waals surface area contributed by atoms with Crippen LogP contribution in [0, 0.1) is 6.92 Å². The summed E-state index contributed by atoms with van der Waals surface area (Å²) in [5, 5.41) is 5.21. The molecule has 2 aromatic heterocycles. The zero-order valence-corrected chi connectivity index (χ0v) is 18.5. The van der Waals surface area contributed by atoms with Crippen molar-refractivity contribution in [1.29, 1.82) is 0 Å². The van der Waals surface area contributed by atoms with Gasteiger partial charge in [0.2, 0.25) is 0 Å². The van der Waals surface area contributed by atoms with Crippen molar-refractivity contribution in [3.8, 4) is 11.4 Å². The van der Waals surface area contributed by atoms with Gasteiger partial charge in [-0.1, -0.05) is 23.2 Å². The Bertz CT molecular complexity index is 1500. The van der Waals surface area contributed by atoms with Gasteiger partial charge in [0, 0.05) is 11.2 Å². The van der Waals surface area contributed by atoms with E-state index in [2.05, 4.69) is 14.8 Å². The van der Waals surface area contributed by atoms with Crippen molar-refractivity contribution in [3.63, 3.8) is 0 Å². The number of anilines is 1. The lowest BCUT2D eigenvalue weighted by atomic mass is 10.1. The molecule has 1 aliphatic heterocycles. The standard InChI is InChI=1S/C22H11Cl2F3N4O3/c1-10-17-18-14(20(32)30(21(18)33)16-7-2-11(23)8-15(16)24)9-28-19(17)31(29-10)12-3-5-13(6-4-12)34-22(25,26)27/h2-9H,1H3. The minimum Gasteiger partial charge on any atom is -0.406 e. The highest BCUT2D eigenvalue weighted by Crippen LogP contribution is 2.38. The fourth-order valence-corrected chi connectivity index (χ4v) is 4.30. The smallest absolute Gasteiger partial charge is 0.406 e. The largest absolute Gasteiger partial charge is 0.573 e. The molecule has 34 heavy (non-hydrogen) atoms. The van der Waals surface area contributed by atoms with Crippen LogP contribution in [-0.4, -0.2) is 32.9 Å². The van der Waals surface area contributed by atoms with Gasteiger partial charge in [-0.25, -0.2) is 14.6 Å². The van der Waals surface area contributed by atoms with Crippen LogP contribution < -0.4 is 9.64 Å². The first-order chi connectivity index (χ1) is 16.0. The van der Waals surface area contributed by atoms with E-state index in [1.807, 2.05) is 0 Å². The van der Waals surface area contributed by atoms with Gasteiger partial charge in [-0.2, -0.15) is 5.10 Å². The number of rotatable bonds is 3. The summed E-state index contributed by atoms with van der Waals surface area (Å²) in [6.45, 7) is 1.64. The van der Waals surface area contributed by atoms with Crippen LogP contribution in [0.25, 0.3) is 16.7 Å². The average Bonchev–Trinajstić information content (AvgIpc) is 3.22. The number of hydrogen-bond donors (Lipinski definition) is 0. The number of ether oxygens (including phenoxy) is 1. The van der Waals surface area contributed by atoms with Gasteiger partial charge >= 0.3 is 6.36 Å². The summed E-state index contributed by atoms with van der Waals surface area (Å²) in [6.07, 6.45) is -3.55. The molecule has 0 saturated heterocycles. The molecule has 4 aromatic rings. The molecule has 0 unspecified atom stereocenters. The summed E-state index contributed by atoms with van der Waals surface area (Å²) in [5.41, 5.74) is 1.41. The molecule has 0 atom stereocenters. The summed E-state index contributed by atoms with van der Waals surface area (Å²) in [6, 6.07) is 9.41. The summed E-state index contributed by atoms with van der Waals surface area (Å²) in [5.74, 6) is -1.60. The third kappa shape index (κ3) is 3.55. The molecular weight excluding hydrogens is 496 g/mol. The second-order valence-corrected chi connectivity index (χ2v) is 8.17. The Hall–Kier alpha value is -3.63. The number of benzene rings is 2. The summed E-state index contributed by atoms with van der Waals surface area (Å²) in [7, 11) is 0. The fourth-order valence-electron chi connectivity index (χ4n) is 3.81. The maximum Gasteiger partial charge on any atom is 0.573 e. The lowest BCUT2D eigenvalue weighted by molar-refractivity contribution is -0.274. The van der Waals surface area contributed by atoms with Crippen molar-refractivity contribution in [2.24, 2.45) is 0 Å². The molecule has 12 heteroatoms. The minimum atomic E-state index is -4.82. The van der Waals surface area contributed by atoms with Gasteiger partial charge in [0.05, 0.1) is 38.6 Å². The number of hydrogen-bond acceptors (Lipinski definition) is 5. The van der Waals surface area contributed by atoms with Crippen molar-refractivity contribution < 1.29 is 27.5 Å². The molecule has 1 aliphatic rings. The van der Waals surface area contributed by atoms with Crippen LogP contribution in [0.3, 0.4) is 0 Å². The van der Waals surface area contributed by atoms with E-state index in [9.17, 15) is 22.8 Å².